The summed E-state index contributed by atoms with van der Waals surface area (Å²) in [5, 5.41) is 2.92. The van der Waals surface area contributed by atoms with Gasteiger partial charge in [-0.3, -0.25) is 4.79 Å². The third-order valence-electron chi connectivity index (χ3n) is 4.47. The van der Waals surface area contributed by atoms with Crippen LogP contribution in [-0.4, -0.2) is 32.8 Å². The first-order valence-corrected chi connectivity index (χ1v) is 8.96. The maximum atomic E-state index is 12.7. The summed E-state index contributed by atoms with van der Waals surface area (Å²) < 4.78 is 22.5. The Balaban J connectivity index is 1.61. The van der Waals surface area contributed by atoms with Crippen molar-refractivity contribution >= 4 is 11.6 Å². The number of benzene rings is 2. The van der Waals surface area contributed by atoms with Gasteiger partial charge < -0.3 is 24.3 Å². The van der Waals surface area contributed by atoms with Crippen LogP contribution >= 0.6 is 0 Å². The highest BCUT2D eigenvalue weighted by atomic mass is 16.7. The molecule has 1 saturated heterocycles. The van der Waals surface area contributed by atoms with Gasteiger partial charge in [-0.15, -0.1) is 0 Å². The predicted octanol–water partition coefficient (Wildman–Crippen LogP) is 3.78. The molecule has 0 aliphatic carbocycles. The van der Waals surface area contributed by atoms with Crippen LogP contribution in [0.4, 0.5) is 5.69 Å². The summed E-state index contributed by atoms with van der Waals surface area (Å²) in [6, 6.07) is 14.8. The number of hydrogen-bond donors (Lipinski definition) is 1. The van der Waals surface area contributed by atoms with E-state index < -0.39 is 11.7 Å². The van der Waals surface area contributed by atoms with Crippen molar-refractivity contribution in [1.29, 1.82) is 0 Å². The first kappa shape index (κ1) is 19.2. The van der Waals surface area contributed by atoms with Crippen molar-refractivity contribution in [2.45, 2.75) is 20.1 Å². The minimum absolute atomic E-state index is 0.148. The highest BCUT2D eigenvalue weighted by molar-refractivity contribution is 5.95. The molecular formula is C21H25NO5. The van der Waals surface area contributed by atoms with E-state index >= 15 is 0 Å². The molecule has 1 heterocycles. The molecule has 6 heteroatoms. The fourth-order valence-electron chi connectivity index (χ4n) is 2.86. The van der Waals surface area contributed by atoms with Crippen LogP contribution in [0.1, 0.15) is 25.7 Å². The molecule has 1 fully saturated rings. The van der Waals surface area contributed by atoms with Crippen molar-refractivity contribution in [3.05, 3.63) is 54.1 Å². The Bertz CT molecular complexity index is 766. The Labute approximate surface area is 159 Å². The number of carbonyl (C=O) groups is 1. The molecule has 3 rings (SSSR count). The first-order valence-electron chi connectivity index (χ1n) is 8.96. The summed E-state index contributed by atoms with van der Waals surface area (Å²) in [7, 11) is 1.61. The van der Waals surface area contributed by atoms with E-state index in [2.05, 4.69) is 5.32 Å². The maximum absolute atomic E-state index is 12.7. The number of nitrogens with one attached hydrogen (secondary N) is 1. The third-order valence-corrected chi connectivity index (χ3v) is 4.47. The lowest BCUT2D eigenvalue weighted by Crippen LogP contribution is -2.45. The molecule has 1 aliphatic rings. The Morgan fingerprint density at radius 2 is 1.81 bits per heavy atom. The second-order valence-corrected chi connectivity index (χ2v) is 6.67. The zero-order valence-corrected chi connectivity index (χ0v) is 15.9. The lowest BCUT2D eigenvalue weighted by atomic mass is 9.90. The van der Waals surface area contributed by atoms with E-state index in [0.717, 1.165) is 11.3 Å². The molecule has 1 N–H and O–H groups in total. The summed E-state index contributed by atoms with van der Waals surface area (Å²) in [6.07, 6.45) is -0.549. The molecule has 144 valence electrons. The monoisotopic (exact) mass is 371 g/mol. The van der Waals surface area contributed by atoms with Gasteiger partial charge >= 0.3 is 0 Å². The first-order chi connectivity index (χ1) is 13.1. The van der Waals surface area contributed by atoms with E-state index in [4.69, 9.17) is 18.9 Å². The zero-order chi connectivity index (χ0) is 19.3. The molecule has 1 amide bonds. The normalized spacial score (nSPS) is 22.1. The van der Waals surface area contributed by atoms with Gasteiger partial charge in [0.1, 0.15) is 11.5 Å². The Morgan fingerprint density at radius 3 is 2.44 bits per heavy atom. The van der Waals surface area contributed by atoms with Crippen LogP contribution in [0, 0.1) is 5.41 Å². The second kappa shape index (κ2) is 8.41. The fraction of sp³-hybridized carbons (Fsp3) is 0.381. The zero-order valence-electron chi connectivity index (χ0n) is 15.9. The van der Waals surface area contributed by atoms with Crippen LogP contribution < -0.4 is 14.8 Å². The van der Waals surface area contributed by atoms with Crippen LogP contribution in [0.15, 0.2) is 48.5 Å². The molecule has 0 atom stereocenters. The quantitative estimate of drug-likeness (QED) is 0.837. The number of anilines is 1. The molecule has 0 aromatic heterocycles. The van der Waals surface area contributed by atoms with E-state index in [1.54, 1.807) is 7.11 Å². The lowest BCUT2D eigenvalue weighted by molar-refractivity contribution is -0.226. The van der Waals surface area contributed by atoms with E-state index in [1.165, 1.54) is 0 Å². The molecule has 6 nitrogen and oxygen atoms in total. The summed E-state index contributed by atoms with van der Waals surface area (Å²) in [4.78, 5) is 12.7. The minimum atomic E-state index is -0.781. The standard InChI is InChI=1S/C21H25NO5/c1-4-25-16-11-9-15(10-12-16)22-20(23)21(2)13-26-19(27-14-21)17-7-5-6-8-18(17)24-3/h5-12,19H,4,13-14H2,1-3H3,(H,22,23). The number of rotatable bonds is 6. The van der Waals surface area contributed by atoms with Crippen LogP contribution in [0.2, 0.25) is 0 Å². The summed E-state index contributed by atoms with van der Waals surface area (Å²) in [6.45, 7) is 4.86. The summed E-state index contributed by atoms with van der Waals surface area (Å²) >= 11 is 0. The van der Waals surface area contributed by atoms with Crippen LogP contribution in [0.3, 0.4) is 0 Å². The van der Waals surface area contributed by atoms with Crippen molar-refractivity contribution in [3.63, 3.8) is 0 Å². The largest absolute Gasteiger partial charge is 0.496 e. The topological polar surface area (TPSA) is 66.0 Å². The van der Waals surface area contributed by atoms with E-state index in [0.29, 0.717) is 18.0 Å². The predicted molar refractivity (Wildman–Crippen MR) is 102 cm³/mol. The number of amides is 1. The van der Waals surface area contributed by atoms with Gasteiger partial charge in [-0.2, -0.15) is 0 Å². The van der Waals surface area contributed by atoms with Crippen molar-refractivity contribution in [2.24, 2.45) is 5.41 Å². The molecule has 2 aromatic rings. The molecule has 0 unspecified atom stereocenters. The second-order valence-electron chi connectivity index (χ2n) is 6.67. The average molecular weight is 371 g/mol. The number of carbonyl (C=O) groups excluding carboxylic acids is 1. The average Bonchev–Trinajstić information content (AvgIpc) is 2.70. The van der Waals surface area contributed by atoms with Crippen LogP contribution in [0.5, 0.6) is 11.5 Å². The van der Waals surface area contributed by atoms with Gasteiger partial charge in [0.05, 0.1) is 32.3 Å². The molecule has 0 spiro atoms. The van der Waals surface area contributed by atoms with Crippen molar-refractivity contribution in [3.8, 4) is 11.5 Å². The maximum Gasteiger partial charge on any atom is 0.234 e. The number of para-hydroxylation sites is 1. The lowest BCUT2D eigenvalue weighted by Gasteiger charge is -2.36. The van der Waals surface area contributed by atoms with E-state index in [-0.39, 0.29) is 19.1 Å². The van der Waals surface area contributed by atoms with Gasteiger partial charge in [0.25, 0.3) is 0 Å². The fourth-order valence-corrected chi connectivity index (χ4v) is 2.86. The summed E-state index contributed by atoms with van der Waals surface area (Å²) in [5.74, 6) is 1.32. The van der Waals surface area contributed by atoms with Gasteiger partial charge in [0.15, 0.2) is 6.29 Å². The van der Waals surface area contributed by atoms with E-state index in [1.807, 2.05) is 62.4 Å². The van der Waals surface area contributed by atoms with Crippen LogP contribution in [0.25, 0.3) is 0 Å². The van der Waals surface area contributed by atoms with Crippen molar-refractivity contribution < 1.29 is 23.7 Å². The van der Waals surface area contributed by atoms with Gasteiger partial charge in [0.2, 0.25) is 5.91 Å². The van der Waals surface area contributed by atoms with Gasteiger partial charge in [-0.25, -0.2) is 0 Å². The highest BCUT2D eigenvalue weighted by Crippen LogP contribution is 2.36. The molecule has 0 radical (unpaired) electrons. The minimum Gasteiger partial charge on any atom is -0.496 e. The number of methoxy groups -OCH3 is 1. The molecule has 1 aliphatic heterocycles. The SMILES string of the molecule is CCOc1ccc(NC(=O)C2(C)COC(c3ccccc3OC)OC2)cc1. The third kappa shape index (κ3) is 4.40. The van der Waals surface area contributed by atoms with Crippen LogP contribution in [-0.2, 0) is 14.3 Å². The Morgan fingerprint density at radius 1 is 1.15 bits per heavy atom. The van der Waals surface area contributed by atoms with Gasteiger partial charge in [0, 0.05) is 11.3 Å². The molecule has 2 aromatic carbocycles. The van der Waals surface area contributed by atoms with Gasteiger partial charge in [-0.1, -0.05) is 18.2 Å². The van der Waals surface area contributed by atoms with E-state index in [9.17, 15) is 4.79 Å². The smallest absolute Gasteiger partial charge is 0.234 e. The number of ether oxygens (including phenoxy) is 4. The molecule has 0 saturated carbocycles. The Hall–Kier alpha value is -2.57. The number of hydrogen-bond acceptors (Lipinski definition) is 5. The molecule has 0 bridgehead atoms. The van der Waals surface area contributed by atoms with Crippen molar-refractivity contribution in [2.75, 3.05) is 32.2 Å². The summed E-state index contributed by atoms with van der Waals surface area (Å²) in [5.41, 5.74) is 0.738. The van der Waals surface area contributed by atoms with Gasteiger partial charge in [-0.05, 0) is 44.2 Å². The van der Waals surface area contributed by atoms with Crippen molar-refractivity contribution in [1.82, 2.24) is 0 Å². The highest BCUT2D eigenvalue weighted by Gasteiger charge is 2.40. The molecular weight excluding hydrogens is 346 g/mol. The Kier molecular flexibility index (Phi) is 5.98. The molecule has 27 heavy (non-hydrogen) atoms.